The molecule has 0 aromatic heterocycles. The van der Waals surface area contributed by atoms with Crippen molar-refractivity contribution in [1.82, 2.24) is 4.90 Å². The van der Waals surface area contributed by atoms with Crippen molar-refractivity contribution < 1.29 is 23.7 Å². The number of rotatable bonds is 9. The van der Waals surface area contributed by atoms with Crippen molar-refractivity contribution in [2.24, 2.45) is 0 Å². The molecular weight excluding hydrogens is 422 g/mol. The lowest BCUT2D eigenvalue weighted by molar-refractivity contribution is -0.121. The van der Waals surface area contributed by atoms with Gasteiger partial charge in [-0.25, -0.2) is 0 Å². The summed E-state index contributed by atoms with van der Waals surface area (Å²) in [5.41, 5.74) is 0.838. The van der Waals surface area contributed by atoms with Gasteiger partial charge >= 0.3 is 0 Å². The Morgan fingerprint density at radius 1 is 1.00 bits per heavy atom. The largest absolute Gasteiger partial charge is 0.493 e. The second kappa shape index (κ2) is 10.4. The zero-order valence-corrected chi connectivity index (χ0v) is 18.7. The third-order valence-corrected chi connectivity index (χ3v) is 5.70. The van der Waals surface area contributed by atoms with E-state index in [1.54, 1.807) is 20.2 Å². The number of hydrogen-bond donors (Lipinski definition) is 0. The summed E-state index contributed by atoms with van der Waals surface area (Å²) in [5.74, 6) is 2.46. The first kappa shape index (κ1) is 22.0. The van der Waals surface area contributed by atoms with Crippen molar-refractivity contribution in [1.29, 1.82) is 0 Å². The normalized spacial score (nSPS) is 14.9. The third-order valence-electron chi connectivity index (χ3n) is 4.22. The van der Waals surface area contributed by atoms with E-state index in [0.717, 1.165) is 5.56 Å². The Bertz CT molecular complexity index is 960. The Kier molecular flexibility index (Phi) is 7.59. The van der Waals surface area contributed by atoms with Crippen LogP contribution >= 0.6 is 24.0 Å². The molecule has 158 valence electrons. The van der Waals surface area contributed by atoms with Crippen molar-refractivity contribution in [2.45, 2.75) is 6.92 Å². The summed E-state index contributed by atoms with van der Waals surface area (Å²) in [4.78, 5) is 14.3. The van der Waals surface area contributed by atoms with Crippen LogP contribution in [-0.4, -0.2) is 49.1 Å². The Balaban J connectivity index is 1.65. The first-order valence-corrected chi connectivity index (χ1v) is 10.6. The smallest absolute Gasteiger partial charge is 0.265 e. The van der Waals surface area contributed by atoms with Gasteiger partial charge in [0.05, 0.1) is 18.6 Å². The summed E-state index contributed by atoms with van der Waals surface area (Å²) in [6, 6.07) is 13.0. The third kappa shape index (κ3) is 5.25. The van der Waals surface area contributed by atoms with E-state index in [1.807, 2.05) is 49.4 Å². The van der Waals surface area contributed by atoms with Gasteiger partial charge < -0.3 is 18.9 Å². The van der Waals surface area contributed by atoms with E-state index in [9.17, 15) is 4.79 Å². The first-order valence-electron chi connectivity index (χ1n) is 9.40. The molecule has 1 heterocycles. The predicted octanol–water partition coefficient (Wildman–Crippen LogP) is 4.38. The highest BCUT2D eigenvalue weighted by Crippen LogP contribution is 2.34. The van der Waals surface area contributed by atoms with Gasteiger partial charge in [-0.15, -0.1) is 0 Å². The lowest BCUT2D eigenvalue weighted by atomic mass is 10.2. The Labute approximate surface area is 185 Å². The van der Waals surface area contributed by atoms with E-state index in [0.29, 0.717) is 52.0 Å². The van der Waals surface area contributed by atoms with Crippen molar-refractivity contribution in [2.75, 3.05) is 34.0 Å². The number of thiocarbonyl (C=S) groups is 1. The van der Waals surface area contributed by atoms with Crippen molar-refractivity contribution in [3.63, 3.8) is 0 Å². The summed E-state index contributed by atoms with van der Waals surface area (Å²) in [6.07, 6.45) is 1.81. The van der Waals surface area contributed by atoms with E-state index in [2.05, 4.69) is 0 Å². The van der Waals surface area contributed by atoms with Gasteiger partial charge in [-0.1, -0.05) is 42.2 Å². The highest BCUT2D eigenvalue weighted by atomic mass is 32.2. The second-order valence-corrected chi connectivity index (χ2v) is 7.90. The molecule has 0 unspecified atom stereocenters. The highest BCUT2D eigenvalue weighted by molar-refractivity contribution is 8.26. The minimum Gasteiger partial charge on any atom is -0.493 e. The summed E-state index contributed by atoms with van der Waals surface area (Å²) < 4.78 is 23.1. The number of likely N-dealkylation sites (N-methyl/N-ethyl adjacent to an activating group) is 1. The molecule has 1 saturated heterocycles. The SMILES string of the molecule is CCOc1cc(/C=C2\SC(=S)N(C)C2=O)ccc1OCCOc1ccccc1OC. The average molecular weight is 446 g/mol. The molecular formula is C22H23NO5S2. The number of carbonyl (C=O) groups is 1. The van der Waals surface area contributed by atoms with E-state index < -0.39 is 0 Å². The molecule has 0 N–H and O–H groups in total. The summed E-state index contributed by atoms with van der Waals surface area (Å²) in [5, 5.41) is 0. The zero-order valence-electron chi connectivity index (χ0n) is 17.0. The zero-order chi connectivity index (χ0) is 21.5. The molecule has 0 aliphatic carbocycles. The minimum absolute atomic E-state index is 0.100. The molecule has 1 amide bonds. The van der Waals surface area contributed by atoms with Crippen molar-refractivity contribution in [3.8, 4) is 23.0 Å². The van der Waals surface area contributed by atoms with Crippen molar-refractivity contribution in [3.05, 3.63) is 52.9 Å². The topological polar surface area (TPSA) is 57.2 Å². The Morgan fingerprint density at radius 2 is 1.67 bits per heavy atom. The lowest BCUT2D eigenvalue weighted by Crippen LogP contribution is -2.22. The molecule has 0 saturated carbocycles. The Hall–Kier alpha value is -2.71. The van der Waals surface area contributed by atoms with E-state index in [4.69, 9.17) is 31.2 Å². The van der Waals surface area contributed by atoms with Gasteiger partial charge in [-0.3, -0.25) is 9.69 Å². The van der Waals surface area contributed by atoms with Gasteiger partial charge in [0.25, 0.3) is 5.91 Å². The summed E-state index contributed by atoms with van der Waals surface area (Å²) in [7, 11) is 3.28. The maximum atomic E-state index is 12.2. The predicted molar refractivity (Wildman–Crippen MR) is 123 cm³/mol. The maximum Gasteiger partial charge on any atom is 0.265 e. The number of amides is 1. The number of carbonyl (C=O) groups excluding carboxylic acids is 1. The van der Waals surface area contributed by atoms with Gasteiger partial charge in [-0.05, 0) is 42.8 Å². The molecule has 0 radical (unpaired) electrons. The summed E-state index contributed by atoms with van der Waals surface area (Å²) >= 11 is 6.46. The van der Waals surface area contributed by atoms with Crippen LogP contribution in [0.1, 0.15) is 12.5 Å². The van der Waals surface area contributed by atoms with Crippen LogP contribution in [0.5, 0.6) is 23.0 Å². The monoisotopic (exact) mass is 445 g/mol. The fourth-order valence-electron chi connectivity index (χ4n) is 2.74. The maximum absolute atomic E-state index is 12.2. The molecule has 2 aromatic rings. The van der Waals surface area contributed by atoms with E-state index in [1.165, 1.54) is 16.7 Å². The molecule has 0 spiro atoms. The molecule has 1 aliphatic rings. The Morgan fingerprint density at radius 3 is 2.27 bits per heavy atom. The fourth-order valence-corrected chi connectivity index (χ4v) is 3.92. The number of nitrogens with zero attached hydrogens (tertiary/aromatic N) is 1. The fraction of sp³-hybridized carbons (Fsp3) is 0.273. The molecule has 30 heavy (non-hydrogen) atoms. The van der Waals surface area contributed by atoms with Crippen LogP contribution in [-0.2, 0) is 4.79 Å². The van der Waals surface area contributed by atoms with Gasteiger partial charge in [0.15, 0.2) is 23.0 Å². The molecule has 0 atom stereocenters. The van der Waals surface area contributed by atoms with Gasteiger partial charge in [0.1, 0.15) is 17.5 Å². The van der Waals surface area contributed by atoms with E-state index in [-0.39, 0.29) is 5.91 Å². The van der Waals surface area contributed by atoms with Crippen LogP contribution in [0.15, 0.2) is 47.4 Å². The van der Waals surface area contributed by atoms with Gasteiger partial charge in [-0.2, -0.15) is 0 Å². The molecule has 0 bridgehead atoms. The standard InChI is InChI=1S/C22H23NO5S2/c1-4-26-19-13-15(14-20-21(24)23(2)22(29)30-20)9-10-18(19)28-12-11-27-17-8-6-5-7-16(17)25-3/h5-10,13-14H,4,11-12H2,1-3H3/b20-14-. The van der Waals surface area contributed by atoms with Crippen LogP contribution in [0.2, 0.25) is 0 Å². The highest BCUT2D eigenvalue weighted by Gasteiger charge is 2.28. The van der Waals surface area contributed by atoms with Gasteiger partial charge in [0, 0.05) is 7.05 Å². The lowest BCUT2D eigenvalue weighted by Gasteiger charge is -2.14. The molecule has 3 rings (SSSR count). The van der Waals surface area contributed by atoms with Crippen LogP contribution < -0.4 is 18.9 Å². The number of hydrogen-bond acceptors (Lipinski definition) is 7. The average Bonchev–Trinajstić information content (AvgIpc) is 2.99. The quantitative estimate of drug-likeness (QED) is 0.322. The van der Waals surface area contributed by atoms with Crippen LogP contribution in [0.3, 0.4) is 0 Å². The molecule has 6 nitrogen and oxygen atoms in total. The first-order chi connectivity index (χ1) is 14.5. The minimum atomic E-state index is -0.100. The number of para-hydroxylation sites is 2. The summed E-state index contributed by atoms with van der Waals surface area (Å²) in [6.45, 7) is 3.09. The number of ether oxygens (including phenoxy) is 4. The van der Waals surface area contributed by atoms with Crippen LogP contribution in [0.25, 0.3) is 6.08 Å². The number of thioether (sulfide) groups is 1. The molecule has 1 aliphatic heterocycles. The molecule has 1 fully saturated rings. The van der Waals surface area contributed by atoms with Crippen LogP contribution in [0.4, 0.5) is 0 Å². The van der Waals surface area contributed by atoms with Gasteiger partial charge in [0.2, 0.25) is 0 Å². The van der Waals surface area contributed by atoms with E-state index >= 15 is 0 Å². The van der Waals surface area contributed by atoms with Crippen molar-refractivity contribution >= 4 is 40.3 Å². The van der Waals surface area contributed by atoms with Crippen LogP contribution in [0, 0.1) is 0 Å². The number of benzene rings is 2. The molecule has 8 heteroatoms. The second-order valence-electron chi connectivity index (χ2n) is 6.23. The molecule has 2 aromatic carbocycles. The number of methoxy groups -OCH3 is 1.